The zero-order valence-electron chi connectivity index (χ0n) is 5.84. The van der Waals surface area contributed by atoms with Crippen LogP contribution in [0.2, 0.25) is 0 Å². The van der Waals surface area contributed by atoms with Crippen molar-refractivity contribution in [3.63, 3.8) is 0 Å². The van der Waals surface area contributed by atoms with Gasteiger partial charge in [0.1, 0.15) is 0 Å². The van der Waals surface area contributed by atoms with Crippen molar-refractivity contribution < 1.29 is 14.6 Å². The second-order valence-corrected chi connectivity index (χ2v) is 3.88. The Kier molecular flexibility index (Phi) is 2.91. The van der Waals surface area contributed by atoms with E-state index in [0.717, 1.165) is 0 Å². The molecule has 1 saturated heterocycles. The first-order chi connectivity index (χ1) is 4.66. The molecule has 1 heterocycles. The molecule has 0 aliphatic carbocycles. The van der Waals surface area contributed by atoms with Gasteiger partial charge >= 0.3 is 0 Å². The van der Waals surface area contributed by atoms with Crippen molar-refractivity contribution in [1.29, 1.82) is 0 Å². The first-order valence-electron chi connectivity index (χ1n) is 3.14. The lowest BCUT2D eigenvalue weighted by atomic mass is 9.94. The summed E-state index contributed by atoms with van der Waals surface area (Å²) in [5.41, 5.74) is -0.193. The molecule has 0 aromatic carbocycles. The minimum absolute atomic E-state index is 0.121. The summed E-state index contributed by atoms with van der Waals surface area (Å²) in [4.78, 5) is 0. The summed E-state index contributed by atoms with van der Waals surface area (Å²) in [5.74, 6) is 0. The minimum Gasteiger partial charge on any atom is -0.396 e. The minimum atomic E-state index is -0.193. The lowest BCUT2D eigenvalue weighted by Crippen LogP contribution is -2.40. The first kappa shape index (κ1) is 8.70. The van der Waals surface area contributed by atoms with Gasteiger partial charge in [-0.1, -0.05) is 6.92 Å². The molecule has 60 valence electrons. The maximum Gasteiger partial charge on any atom is 0.210 e. The van der Waals surface area contributed by atoms with Gasteiger partial charge in [-0.15, -0.1) is 0 Å². The summed E-state index contributed by atoms with van der Waals surface area (Å²) in [7, 11) is 0. The standard InChI is InChI=1S/C6H11IO3/c1-6(2-8)3-9-5(7)10-4-6/h5,8H,2-4H2,1H3. The van der Waals surface area contributed by atoms with E-state index in [-0.39, 0.29) is 16.3 Å². The second-order valence-electron chi connectivity index (χ2n) is 2.87. The van der Waals surface area contributed by atoms with Gasteiger partial charge in [0, 0.05) is 5.41 Å². The molecule has 0 spiro atoms. The van der Waals surface area contributed by atoms with Gasteiger partial charge < -0.3 is 14.6 Å². The smallest absolute Gasteiger partial charge is 0.210 e. The maximum absolute atomic E-state index is 8.87. The van der Waals surface area contributed by atoms with Crippen LogP contribution in [0.25, 0.3) is 0 Å². The van der Waals surface area contributed by atoms with Crippen LogP contribution >= 0.6 is 22.6 Å². The molecule has 1 rings (SSSR count). The summed E-state index contributed by atoms with van der Waals surface area (Å²) in [6.07, 6.45) is 0. The molecule has 1 aliphatic heterocycles. The predicted octanol–water partition coefficient (Wildman–Crippen LogP) is 0.750. The number of alkyl halides is 1. The third-order valence-corrected chi connectivity index (χ3v) is 2.23. The number of hydrogen-bond donors (Lipinski definition) is 1. The Bertz CT molecular complexity index is 110. The summed E-state index contributed by atoms with van der Waals surface area (Å²) in [6.45, 7) is 3.22. The molecule has 3 nitrogen and oxygen atoms in total. The van der Waals surface area contributed by atoms with E-state index in [4.69, 9.17) is 14.6 Å². The zero-order valence-corrected chi connectivity index (χ0v) is 8.00. The van der Waals surface area contributed by atoms with Crippen molar-refractivity contribution in [2.24, 2.45) is 5.41 Å². The van der Waals surface area contributed by atoms with Crippen molar-refractivity contribution in [3.05, 3.63) is 0 Å². The van der Waals surface area contributed by atoms with Gasteiger partial charge in [0.2, 0.25) is 4.30 Å². The summed E-state index contributed by atoms with van der Waals surface area (Å²) >= 11 is 2.06. The van der Waals surface area contributed by atoms with Gasteiger partial charge in [-0.05, 0) is 22.6 Å². The molecule has 0 radical (unpaired) electrons. The monoisotopic (exact) mass is 258 g/mol. The molecule has 0 aromatic rings. The topological polar surface area (TPSA) is 38.7 Å². The van der Waals surface area contributed by atoms with Crippen molar-refractivity contribution in [1.82, 2.24) is 0 Å². The molecule has 10 heavy (non-hydrogen) atoms. The van der Waals surface area contributed by atoms with Gasteiger partial charge in [0.25, 0.3) is 0 Å². The van der Waals surface area contributed by atoms with E-state index in [2.05, 4.69) is 22.6 Å². The summed E-state index contributed by atoms with van der Waals surface area (Å²) in [6, 6.07) is 0. The molecule has 0 amide bonds. The Morgan fingerprint density at radius 1 is 1.60 bits per heavy atom. The fourth-order valence-electron chi connectivity index (χ4n) is 0.714. The van der Waals surface area contributed by atoms with E-state index in [9.17, 15) is 0 Å². The predicted molar refractivity (Wildman–Crippen MR) is 44.9 cm³/mol. The third kappa shape index (κ3) is 2.05. The Morgan fingerprint density at radius 2 is 2.10 bits per heavy atom. The Balaban J connectivity index is 2.38. The van der Waals surface area contributed by atoms with E-state index in [1.807, 2.05) is 6.92 Å². The van der Waals surface area contributed by atoms with E-state index in [1.54, 1.807) is 0 Å². The normalized spacial score (nSPS) is 41.7. The van der Waals surface area contributed by atoms with E-state index in [1.165, 1.54) is 0 Å². The summed E-state index contributed by atoms with van der Waals surface area (Å²) in [5, 5.41) is 8.87. The highest BCUT2D eigenvalue weighted by atomic mass is 127. The highest BCUT2D eigenvalue weighted by molar-refractivity contribution is 14.1. The van der Waals surface area contributed by atoms with Crippen molar-refractivity contribution in [2.75, 3.05) is 19.8 Å². The molecule has 0 saturated carbocycles. The second kappa shape index (κ2) is 3.34. The van der Waals surface area contributed by atoms with E-state index >= 15 is 0 Å². The lowest BCUT2D eigenvalue weighted by molar-refractivity contribution is -0.181. The number of aliphatic hydroxyl groups is 1. The largest absolute Gasteiger partial charge is 0.396 e. The maximum atomic E-state index is 8.87. The van der Waals surface area contributed by atoms with Crippen LogP contribution in [0, 0.1) is 5.41 Å². The van der Waals surface area contributed by atoms with Gasteiger partial charge in [0.15, 0.2) is 0 Å². The number of hydrogen-bond acceptors (Lipinski definition) is 3. The molecular formula is C6H11IO3. The van der Waals surface area contributed by atoms with Crippen molar-refractivity contribution >= 4 is 22.6 Å². The Labute approximate surface area is 73.8 Å². The fourth-order valence-corrected chi connectivity index (χ4v) is 1.07. The van der Waals surface area contributed by atoms with Gasteiger partial charge in [-0.3, -0.25) is 0 Å². The number of rotatable bonds is 1. The quantitative estimate of drug-likeness (QED) is 0.557. The number of aliphatic hydroxyl groups excluding tert-OH is 1. The fraction of sp³-hybridized carbons (Fsp3) is 1.00. The SMILES string of the molecule is CC1(CO)COC(I)OC1. The van der Waals surface area contributed by atoms with Crippen LogP contribution in [-0.4, -0.2) is 29.2 Å². The van der Waals surface area contributed by atoms with Crippen LogP contribution in [0.1, 0.15) is 6.92 Å². The number of halogens is 1. The average Bonchev–Trinajstić information content (AvgIpc) is 1.96. The highest BCUT2D eigenvalue weighted by Crippen LogP contribution is 2.25. The molecule has 1 fully saturated rings. The van der Waals surface area contributed by atoms with Crippen LogP contribution < -0.4 is 0 Å². The molecular weight excluding hydrogens is 247 g/mol. The summed E-state index contributed by atoms with van der Waals surface area (Å²) < 4.78 is 10.2. The molecule has 1 N–H and O–H groups in total. The Hall–Kier alpha value is 0.610. The highest BCUT2D eigenvalue weighted by Gasteiger charge is 2.30. The lowest BCUT2D eigenvalue weighted by Gasteiger charge is -2.33. The van der Waals surface area contributed by atoms with Crippen LogP contribution in [0.5, 0.6) is 0 Å². The molecule has 0 atom stereocenters. The van der Waals surface area contributed by atoms with Crippen LogP contribution in [0.3, 0.4) is 0 Å². The molecule has 4 heteroatoms. The molecule has 0 aromatic heterocycles. The van der Waals surface area contributed by atoms with Gasteiger partial charge in [0.05, 0.1) is 19.8 Å². The van der Waals surface area contributed by atoms with Gasteiger partial charge in [-0.2, -0.15) is 0 Å². The molecule has 1 aliphatic rings. The van der Waals surface area contributed by atoms with Crippen molar-refractivity contribution in [3.8, 4) is 0 Å². The zero-order chi connectivity index (χ0) is 7.61. The van der Waals surface area contributed by atoms with E-state index in [0.29, 0.717) is 13.2 Å². The van der Waals surface area contributed by atoms with E-state index < -0.39 is 0 Å². The third-order valence-electron chi connectivity index (χ3n) is 1.51. The van der Waals surface area contributed by atoms with Crippen LogP contribution in [-0.2, 0) is 9.47 Å². The van der Waals surface area contributed by atoms with Gasteiger partial charge in [-0.25, -0.2) is 0 Å². The first-order valence-corrected chi connectivity index (χ1v) is 4.39. The molecule has 0 bridgehead atoms. The molecule has 0 unspecified atom stereocenters. The Morgan fingerprint density at radius 3 is 2.50 bits per heavy atom. The van der Waals surface area contributed by atoms with Crippen LogP contribution in [0.15, 0.2) is 0 Å². The average molecular weight is 258 g/mol. The number of ether oxygens (including phenoxy) is 2. The van der Waals surface area contributed by atoms with Crippen molar-refractivity contribution in [2.45, 2.75) is 11.2 Å². The van der Waals surface area contributed by atoms with Crippen LogP contribution in [0.4, 0.5) is 0 Å².